The average molecular weight is 328 g/mol. The minimum atomic E-state index is -0.448. The van der Waals surface area contributed by atoms with Crippen molar-refractivity contribution in [1.82, 2.24) is 0 Å². The molecule has 0 spiro atoms. The first kappa shape index (κ1) is 16.8. The summed E-state index contributed by atoms with van der Waals surface area (Å²) < 4.78 is 16.7. The summed E-state index contributed by atoms with van der Waals surface area (Å²) >= 11 is 0. The van der Waals surface area contributed by atoms with E-state index in [9.17, 15) is 4.79 Å². The smallest absolute Gasteiger partial charge is 0.340 e. The fourth-order valence-electron chi connectivity index (χ4n) is 2.92. The molecule has 1 aliphatic heterocycles. The van der Waals surface area contributed by atoms with Gasteiger partial charge in [-0.15, -0.1) is 6.58 Å². The standard InChI is InChI=1S/C20H24O4/c1-7-19(2,3)14-9-12-8-13(10-17-20(4,5)24-17)15(22-6)11-16(12)23-18(14)21/h7-9,11,17H,1,10H2,2-6H3. The number of hydrogen-bond acceptors (Lipinski definition) is 4. The Labute approximate surface area is 142 Å². The molecule has 1 aromatic carbocycles. The fraction of sp³-hybridized carbons (Fsp3) is 0.450. The first-order valence-electron chi connectivity index (χ1n) is 8.14. The van der Waals surface area contributed by atoms with Gasteiger partial charge in [-0.2, -0.15) is 0 Å². The monoisotopic (exact) mass is 328 g/mol. The number of methoxy groups -OCH3 is 1. The molecule has 0 saturated carbocycles. The second-order valence-electron chi connectivity index (χ2n) is 7.49. The number of epoxide rings is 1. The van der Waals surface area contributed by atoms with Gasteiger partial charge in [0.05, 0.1) is 18.8 Å². The van der Waals surface area contributed by atoms with Crippen LogP contribution in [-0.2, 0) is 16.6 Å². The first-order chi connectivity index (χ1) is 11.2. The van der Waals surface area contributed by atoms with E-state index in [1.54, 1.807) is 19.3 Å². The molecule has 2 aromatic rings. The molecule has 0 N–H and O–H groups in total. The van der Waals surface area contributed by atoms with E-state index in [-0.39, 0.29) is 17.3 Å². The van der Waals surface area contributed by atoms with Crippen molar-refractivity contribution < 1.29 is 13.9 Å². The second kappa shape index (κ2) is 5.49. The molecule has 1 atom stereocenters. The maximum Gasteiger partial charge on any atom is 0.340 e. The van der Waals surface area contributed by atoms with Gasteiger partial charge in [-0.25, -0.2) is 4.79 Å². The van der Waals surface area contributed by atoms with Crippen molar-refractivity contribution >= 4 is 11.0 Å². The van der Waals surface area contributed by atoms with Gasteiger partial charge in [0.2, 0.25) is 0 Å². The summed E-state index contributed by atoms with van der Waals surface area (Å²) in [6.07, 6.45) is 2.71. The lowest BCUT2D eigenvalue weighted by molar-refractivity contribution is 0.322. The molecule has 128 valence electrons. The third-order valence-corrected chi connectivity index (χ3v) is 4.91. The summed E-state index contributed by atoms with van der Waals surface area (Å²) in [5, 5.41) is 0.883. The molecule has 0 radical (unpaired) electrons. The Morgan fingerprint density at radius 3 is 2.54 bits per heavy atom. The van der Waals surface area contributed by atoms with Gasteiger partial charge in [0.1, 0.15) is 11.3 Å². The largest absolute Gasteiger partial charge is 0.496 e. The molecule has 0 aliphatic carbocycles. The van der Waals surface area contributed by atoms with Crippen LogP contribution in [0.3, 0.4) is 0 Å². The third kappa shape index (κ3) is 2.86. The quantitative estimate of drug-likeness (QED) is 0.473. The molecule has 0 bridgehead atoms. The summed E-state index contributed by atoms with van der Waals surface area (Å²) in [6.45, 7) is 11.9. The lowest BCUT2D eigenvalue weighted by Gasteiger charge is -2.19. The number of hydrogen-bond donors (Lipinski definition) is 0. The molecular weight excluding hydrogens is 304 g/mol. The van der Waals surface area contributed by atoms with Gasteiger partial charge in [-0.1, -0.05) is 19.9 Å². The maximum atomic E-state index is 12.3. The van der Waals surface area contributed by atoms with Crippen molar-refractivity contribution in [2.24, 2.45) is 0 Å². The lowest BCUT2D eigenvalue weighted by Crippen LogP contribution is -2.22. The minimum Gasteiger partial charge on any atom is -0.496 e. The Hall–Kier alpha value is -2.07. The summed E-state index contributed by atoms with van der Waals surface area (Å²) in [5.41, 5.74) is 1.31. The predicted molar refractivity (Wildman–Crippen MR) is 94.9 cm³/mol. The van der Waals surface area contributed by atoms with E-state index in [0.29, 0.717) is 16.9 Å². The van der Waals surface area contributed by atoms with Crippen molar-refractivity contribution in [2.45, 2.75) is 51.2 Å². The molecule has 4 nitrogen and oxygen atoms in total. The molecule has 1 aliphatic rings. The average Bonchev–Trinajstić information content (AvgIpc) is 3.12. The van der Waals surface area contributed by atoms with E-state index in [2.05, 4.69) is 20.4 Å². The molecule has 4 heteroatoms. The Morgan fingerprint density at radius 2 is 2.00 bits per heavy atom. The van der Waals surface area contributed by atoms with Gasteiger partial charge in [-0.05, 0) is 31.5 Å². The summed E-state index contributed by atoms with van der Waals surface area (Å²) in [5.74, 6) is 0.715. The maximum absolute atomic E-state index is 12.3. The molecule has 24 heavy (non-hydrogen) atoms. The first-order valence-corrected chi connectivity index (χ1v) is 8.14. The Balaban J connectivity index is 2.11. The minimum absolute atomic E-state index is 0.0841. The van der Waals surface area contributed by atoms with Crippen molar-refractivity contribution in [2.75, 3.05) is 7.11 Å². The Morgan fingerprint density at radius 1 is 1.33 bits per heavy atom. The van der Waals surface area contributed by atoms with E-state index in [0.717, 1.165) is 17.4 Å². The zero-order valence-electron chi connectivity index (χ0n) is 14.9. The molecule has 0 amide bonds. The van der Waals surface area contributed by atoms with Gasteiger partial charge < -0.3 is 13.9 Å². The van der Waals surface area contributed by atoms with Crippen molar-refractivity contribution in [1.29, 1.82) is 0 Å². The van der Waals surface area contributed by atoms with E-state index in [4.69, 9.17) is 13.9 Å². The molecule has 2 heterocycles. The van der Waals surface area contributed by atoms with Crippen molar-refractivity contribution in [3.63, 3.8) is 0 Å². The third-order valence-electron chi connectivity index (χ3n) is 4.91. The van der Waals surface area contributed by atoms with Crippen LogP contribution in [0.4, 0.5) is 0 Å². The van der Waals surface area contributed by atoms with Crippen LogP contribution in [0.25, 0.3) is 11.0 Å². The highest BCUT2D eigenvalue weighted by Gasteiger charge is 2.47. The van der Waals surface area contributed by atoms with E-state index >= 15 is 0 Å². The fourth-order valence-corrected chi connectivity index (χ4v) is 2.92. The van der Waals surface area contributed by atoms with Crippen LogP contribution in [0.2, 0.25) is 0 Å². The SMILES string of the molecule is C=CC(C)(C)c1cc2cc(CC3OC3(C)C)c(OC)cc2oc1=O. The van der Waals surface area contributed by atoms with Crippen LogP contribution in [0.15, 0.2) is 40.1 Å². The highest BCUT2D eigenvalue weighted by molar-refractivity contribution is 5.80. The zero-order valence-corrected chi connectivity index (χ0v) is 14.9. The number of ether oxygens (including phenoxy) is 2. The number of rotatable bonds is 5. The number of allylic oxidation sites excluding steroid dienone is 1. The summed E-state index contributed by atoms with van der Waals surface area (Å²) in [7, 11) is 1.62. The predicted octanol–water partition coefficient (Wildman–Crippen LogP) is 3.99. The van der Waals surface area contributed by atoms with E-state index in [1.165, 1.54) is 0 Å². The Bertz CT molecular complexity index is 858. The van der Waals surface area contributed by atoms with E-state index < -0.39 is 5.41 Å². The van der Waals surface area contributed by atoms with Crippen LogP contribution >= 0.6 is 0 Å². The summed E-state index contributed by atoms with van der Waals surface area (Å²) in [6, 6.07) is 5.70. The Kier molecular flexibility index (Phi) is 3.83. The molecule has 3 rings (SSSR count). The molecule has 1 fully saturated rings. The number of benzene rings is 1. The van der Waals surface area contributed by atoms with Gasteiger partial charge in [0.15, 0.2) is 0 Å². The van der Waals surface area contributed by atoms with Gasteiger partial charge in [-0.3, -0.25) is 0 Å². The highest BCUT2D eigenvalue weighted by atomic mass is 16.6. The van der Waals surface area contributed by atoms with Gasteiger partial charge in [0.25, 0.3) is 0 Å². The van der Waals surface area contributed by atoms with Crippen LogP contribution < -0.4 is 10.4 Å². The summed E-state index contributed by atoms with van der Waals surface area (Å²) in [4.78, 5) is 12.3. The van der Waals surface area contributed by atoms with Crippen molar-refractivity contribution in [3.05, 3.63) is 52.4 Å². The van der Waals surface area contributed by atoms with Crippen molar-refractivity contribution in [3.8, 4) is 5.75 Å². The van der Waals surface area contributed by atoms with Gasteiger partial charge >= 0.3 is 5.63 Å². The highest BCUT2D eigenvalue weighted by Crippen LogP contribution is 2.40. The number of fused-ring (bicyclic) bond motifs is 1. The zero-order chi connectivity index (χ0) is 17.7. The van der Waals surface area contributed by atoms with Gasteiger partial charge in [0, 0.05) is 28.9 Å². The normalized spacial score (nSPS) is 19.3. The van der Waals surface area contributed by atoms with E-state index in [1.807, 2.05) is 26.0 Å². The lowest BCUT2D eigenvalue weighted by atomic mass is 9.85. The molecule has 1 aromatic heterocycles. The molecule has 1 saturated heterocycles. The topological polar surface area (TPSA) is 52.0 Å². The molecule has 1 unspecified atom stereocenters. The van der Waals surface area contributed by atoms with Crippen LogP contribution in [0.1, 0.15) is 38.8 Å². The van der Waals surface area contributed by atoms with Crippen LogP contribution in [0, 0.1) is 0 Å². The van der Waals surface area contributed by atoms with Crippen LogP contribution in [0.5, 0.6) is 5.75 Å². The molecular formula is C20H24O4. The van der Waals surface area contributed by atoms with Crippen LogP contribution in [-0.4, -0.2) is 18.8 Å². The second-order valence-corrected chi connectivity index (χ2v) is 7.49.